The van der Waals surface area contributed by atoms with Crippen LogP contribution in [0.1, 0.15) is 22.3 Å². The molecule has 0 bridgehead atoms. The second kappa shape index (κ2) is 9.41. The van der Waals surface area contributed by atoms with Gasteiger partial charge in [-0.1, -0.05) is 51.8 Å². The first kappa shape index (κ1) is 20.6. The number of aryl methyl sites for hydroxylation is 1. The standard InChI is InChI=1S/C24H24BrNO4/c1-16-3-5-17(6-4-16)14-28-24-11-20(25)19(10-22(24)27-2)13-26-12-18-7-8-21-23(9-18)30-15-29-21/h3-11,26H,12-15H2,1-2H3. The van der Waals surface area contributed by atoms with Crippen molar-refractivity contribution in [3.05, 3.63) is 81.3 Å². The van der Waals surface area contributed by atoms with Crippen molar-refractivity contribution in [1.82, 2.24) is 5.32 Å². The number of hydrogen-bond acceptors (Lipinski definition) is 5. The van der Waals surface area contributed by atoms with E-state index in [4.69, 9.17) is 18.9 Å². The normalized spacial score (nSPS) is 12.1. The number of hydrogen-bond donors (Lipinski definition) is 1. The number of benzene rings is 3. The Labute approximate surface area is 185 Å². The van der Waals surface area contributed by atoms with Crippen LogP contribution in [0.25, 0.3) is 0 Å². The molecule has 0 atom stereocenters. The van der Waals surface area contributed by atoms with Crippen molar-refractivity contribution in [3.63, 3.8) is 0 Å². The Hall–Kier alpha value is -2.70. The van der Waals surface area contributed by atoms with E-state index < -0.39 is 0 Å². The first-order valence-electron chi connectivity index (χ1n) is 9.76. The van der Waals surface area contributed by atoms with E-state index in [1.54, 1.807) is 7.11 Å². The molecule has 1 N–H and O–H groups in total. The minimum Gasteiger partial charge on any atom is -0.493 e. The van der Waals surface area contributed by atoms with E-state index >= 15 is 0 Å². The highest BCUT2D eigenvalue weighted by Gasteiger charge is 2.14. The largest absolute Gasteiger partial charge is 0.493 e. The smallest absolute Gasteiger partial charge is 0.231 e. The molecule has 1 aliphatic heterocycles. The Morgan fingerprint density at radius 2 is 1.67 bits per heavy atom. The van der Waals surface area contributed by atoms with Crippen LogP contribution in [0, 0.1) is 6.92 Å². The van der Waals surface area contributed by atoms with Gasteiger partial charge in [-0.3, -0.25) is 0 Å². The highest BCUT2D eigenvalue weighted by atomic mass is 79.9. The van der Waals surface area contributed by atoms with Gasteiger partial charge in [0.05, 0.1) is 7.11 Å². The zero-order chi connectivity index (χ0) is 20.9. The van der Waals surface area contributed by atoms with Crippen LogP contribution in [-0.2, 0) is 19.7 Å². The van der Waals surface area contributed by atoms with Crippen LogP contribution < -0.4 is 24.3 Å². The monoisotopic (exact) mass is 469 g/mol. The fourth-order valence-corrected chi connectivity index (χ4v) is 3.69. The maximum absolute atomic E-state index is 6.01. The van der Waals surface area contributed by atoms with Crippen LogP contribution >= 0.6 is 15.9 Å². The minimum atomic E-state index is 0.289. The molecule has 0 aliphatic carbocycles. The Morgan fingerprint density at radius 3 is 2.47 bits per heavy atom. The third-order valence-corrected chi connectivity index (χ3v) is 5.67. The molecule has 0 unspecified atom stereocenters. The molecule has 0 saturated carbocycles. The summed E-state index contributed by atoms with van der Waals surface area (Å²) in [6.07, 6.45) is 0. The minimum absolute atomic E-state index is 0.289. The van der Waals surface area contributed by atoms with Crippen molar-refractivity contribution in [1.29, 1.82) is 0 Å². The molecular formula is C24H24BrNO4. The summed E-state index contributed by atoms with van der Waals surface area (Å²) >= 11 is 3.66. The van der Waals surface area contributed by atoms with Gasteiger partial charge < -0.3 is 24.3 Å². The fraction of sp³-hybridized carbons (Fsp3) is 0.250. The Kier molecular flexibility index (Phi) is 6.45. The molecule has 3 aromatic carbocycles. The van der Waals surface area contributed by atoms with Gasteiger partial charge in [0, 0.05) is 17.6 Å². The van der Waals surface area contributed by atoms with Crippen molar-refractivity contribution in [2.45, 2.75) is 26.6 Å². The van der Waals surface area contributed by atoms with Crippen molar-refractivity contribution >= 4 is 15.9 Å². The molecule has 4 rings (SSSR count). The van der Waals surface area contributed by atoms with E-state index in [9.17, 15) is 0 Å². The van der Waals surface area contributed by atoms with Gasteiger partial charge >= 0.3 is 0 Å². The molecule has 5 nitrogen and oxygen atoms in total. The number of methoxy groups -OCH3 is 1. The lowest BCUT2D eigenvalue weighted by Gasteiger charge is -2.15. The quantitative estimate of drug-likeness (QED) is 0.480. The maximum Gasteiger partial charge on any atom is 0.231 e. The first-order chi connectivity index (χ1) is 14.6. The van der Waals surface area contributed by atoms with Crippen LogP contribution in [-0.4, -0.2) is 13.9 Å². The van der Waals surface area contributed by atoms with Gasteiger partial charge in [0.1, 0.15) is 6.61 Å². The van der Waals surface area contributed by atoms with E-state index in [2.05, 4.69) is 52.4 Å². The molecule has 30 heavy (non-hydrogen) atoms. The molecule has 156 valence electrons. The second-order valence-electron chi connectivity index (χ2n) is 7.16. The van der Waals surface area contributed by atoms with E-state index in [1.165, 1.54) is 5.56 Å². The maximum atomic E-state index is 6.01. The average molecular weight is 470 g/mol. The summed E-state index contributed by atoms with van der Waals surface area (Å²) in [7, 11) is 1.66. The van der Waals surface area contributed by atoms with E-state index in [-0.39, 0.29) is 6.79 Å². The Morgan fingerprint density at radius 1 is 0.900 bits per heavy atom. The molecule has 0 amide bonds. The Bertz CT molecular complexity index is 1020. The molecule has 0 radical (unpaired) electrons. The summed E-state index contributed by atoms with van der Waals surface area (Å²) in [5, 5.41) is 3.46. The highest BCUT2D eigenvalue weighted by Crippen LogP contribution is 2.35. The lowest BCUT2D eigenvalue weighted by Crippen LogP contribution is -2.13. The van der Waals surface area contributed by atoms with Crippen molar-refractivity contribution in [3.8, 4) is 23.0 Å². The number of nitrogens with one attached hydrogen (secondary N) is 1. The van der Waals surface area contributed by atoms with Crippen molar-refractivity contribution in [2.75, 3.05) is 13.9 Å². The summed E-state index contributed by atoms with van der Waals surface area (Å²) in [5.41, 5.74) is 4.58. The van der Waals surface area contributed by atoms with E-state index in [0.29, 0.717) is 24.7 Å². The summed E-state index contributed by atoms with van der Waals surface area (Å²) in [6, 6.07) is 18.3. The van der Waals surface area contributed by atoms with Crippen molar-refractivity contribution < 1.29 is 18.9 Å². The predicted octanol–water partition coefficient (Wildman–Crippen LogP) is 5.36. The lowest BCUT2D eigenvalue weighted by atomic mass is 10.1. The third kappa shape index (κ3) is 4.89. The molecular weight excluding hydrogens is 446 g/mol. The molecule has 1 heterocycles. The van der Waals surface area contributed by atoms with Gasteiger partial charge in [0.2, 0.25) is 6.79 Å². The van der Waals surface area contributed by atoms with Gasteiger partial charge in [-0.05, 0) is 47.9 Å². The van der Waals surface area contributed by atoms with Crippen LogP contribution in [0.3, 0.4) is 0 Å². The lowest BCUT2D eigenvalue weighted by molar-refractivity contribution is 0.174. The van der Waals surface area contributed by atoms with Crippen LogP contribution in [0.2, 0.25) is 0 Å². The van der Waals surface area contributed by atoms with Crippen LogP contribution in [0.4, 0.5) is 0 Å². The fourth-order valence-electron chi connectivity index (χ4n) is 3.22. The SMILES string of the molecule is COc1cc(CNCc2ccc3c(c2)OCO3)c(Br)cc1OCc1ccc(C)cc1. The predicted molar refractivity (Wildman–Crippen MR) is 119 cm³/mol. The van der Waals surface area contributed by atoms with Gasteiger partial charge in [0.15, 0.2) is 23.0 Å². The first-order valence-corrected chi connectivity index (χ1v) is 10.6. The van der Waals surface area contributed by atoms with Gasteiger partial charge in [-0.15, -0.1) is 0 Å². The summed E-state index contributed by atoms with van der Waals surface area (Å²) in [5.74, 6) is 3.02. The molecule has 0 aromatic heterocycles. The summed E-state index contributed by atoms with van der Waals surface area (Å²) in [6.45, 7) is 4.26. The molecule has 0 saturated heterocycles. The zero-order valence-corrected chi connectivity index (χ0v) is 18.6. The van der Waals surface area contributed by atoms with Gasteiger partial charge in [-0.25, -0.2) is 0 Å². The second-order valence-corrected chi connectivity index (χ2v) is 8.01. The molecule has 3 aromatic rings. The van der Waals surface area contributed by atoms with Crippen LogP contribution in [0.5, 0.6) is 23.0 Å². The van der Waals surface area contributed by atoms with Gasteiger partial charge in [-0.2, -0.15) is 0 Å². The number of ether oxygens (including phenoxy) is 4. The van der Waals surface area contributed by atoms with Crippen molar-refractivity contribution in [2.24, 2.45) is 0 Å². The topological polar surface area (TPSA) is 49.0 Å². The summed E-state index contributed by atoms with van der Waals surface area (Å²) < 4.78 is 23.3. The third-order valence-electron chi connectivity index (χ3n) is 4.93. The molecule has 1 aliphatic rings. The summed E-state index contributed by atoms with van der Waals surface area (Å²) in [4.78, 5) is 0. The number of rotatable bonds is 8. The molecule has 0 spiro atoms. The number of fused-ring (bicyclic) bond motifs is 1. The average Bonchev–Trinajstić information content (AvgIpc) is 3.22. The Balaban J connectivity index is 1.38. The highest BCUT2D eigenvalue weighted by molar-refractivity contribution is 9.10. The number of halogens is 1. The van der Waals surface area contributed by atoms with E-state index in [1.807, 2.05) is 30.3 Å². The molecule has 0 fully saturated rings. The van der Waals surface area contributed by atoms with E-state index in [0.717, 1.165) is 39.2 Å². The zero-order valence-electron chi connectivity index (χ0n) is 17.0. The molecule has 6 heteroatoms. The van der Waals surface area contributed by atoms with Gasteiger partial charge in [0.25, 0.3) is 0 Å². The van der Waals surface area contributed by atoms with Crippen LogP contribution in [0.15, 0.2) is 59.1 Å².